The van der Waals surface area contributed by atoms with E-state index in [2.05, 4.69) is 0 Å². The molecule has 1 aromatic carbocycles. The highest BCUT2D eigenvalue weighted by Gasteiger charge is 2.21. The number of rotatable bonds is 6. The van der Waals surface area contributed by atoms with Crippen LogP contribution < -0.4 is 4.74 Å². The van der Waals surface area contributed by atoms with E-state index in [0.29, 0.717) is 6.42 Å². The van der Waals surface area contributed by atoms with E-state index >= 15 is 0 Å². The highest BCUT2D eigenvalue weighted by atomic mass is 16.5. The van der Waals surface area contributed by atoms with Crippen LogP contribution in [0.2, 0.25) is 0 Å². The van der Waals surface area contributed by atoms with E-state index in [0.717, 1.165) is 23.8 Å². The van der Waals surface area contributed by atoms with Gasteiger partial charge < -0.3 is 9.84 Å². The summed E-state index contributed by atoms with van der Waals surface area (Å²) in [6, 6.07) is 7.74. The second-order valence-electron chi connectivity index (χ2n) is 4.85. The van der Waals surface area contributed by atoms with Gasteiger partial charge in [0.25, 0.3) is 0 Å². The summed E-state index contributed by atoms with van der Waals surface area (Å²) in [5.74, 6) is 0.478. The van der Waals surface area contributed by atoms with E-state index in [-0.39, 0.29) is 5.92 Å². The van der Waals surface area contributed by atoms with Crippen LogP contribution in [0.15, 0.2) is 24.3 Å². The van der Waals surface area contributed by atoms with Crippen molar-refractivity contribution in [1.29, 1.82) is 0 Å². The van der Waals surface area contributed by atoms with Crippen LogP contribution in [0.3, 0.4) is 0 Å². The molecule has 1 aliphatic carbocycles. The highest BCUT2D eigenvalue weighted by molar-refractivity contribution is 5.69. The minimum absolute atomic E-state index is 0.353. The number of hydrogen-bond donors (Lipinski definition) is 1. The van der Waals surface area contributed by atoms with Gasteiger partial charge >= 0.3 is 5.97 Å². The maximum absolute atomic E-state index is 10.8. The second kappa shape index (κ2) is 5.21. The van der Waals surface area contributed by atoms with Crippen molar-refractivity contribution in [2.45, 2.75) is 26.2 Å². The number of carboxylic acid groups (broad SMARTS) is 1. The zero-order valence-corrected chi connectivity index (χ0v) is 10.1. The Balaban J connectivity index is 1.92. The second-order valence-corrected chi connectivity index (χ2v) is 4.85. The molecule has 92 valence electrons. The van der Waals surface area contributed by atoms with Crippen LogP contribution in [-0.2, 0) is 11.2 Å². The summed E-state index contributed by atoms with van der Waals surface area (Å²) < 4.78 is 5.67. The first-order valence-electron chi connectivity index (χ1n) is 6.09. The largest absolute Gasteiger partial charge is 0.493 e. The van der Waals surface area contributed by atoms with Gasteiger partial charge in [0, 0.05) is 0 Å². The molecule has 2 rings (SSSR count). The minimum atomic E-state index is -0.755. The Morgan fingerprint density at radius 1 is 1.53 bits per heavy atom. The summed E-state index contributed by atoms with van der Waals surface area (Å²) in [6.07, 6.45) is 3.10. The number of carboxylic acids is 1. The standard InChI is InChI=1S/C14H18O3/c1-10(14(15)16)7-12-3-2-4-13(8-12)17-9-11-5-6-11/h2-4,8,10-11H,5-7,9H2,1H3,(H,15,16). The average Bonchev–Trinajstić information content (AvgIpc) is 3.10. The lowest BCUT2D eigenvalue weighted by atomic mass is 10.0. The van der Waals surface area contributed by atoms with Crippen molar-refractivity contribution < 1.29 is 14.6 Å². The van der Waals surface area contributed by atoms with Gasteiger partial charge in [-0.3, -0.25) is 4.79 Å². The van der Waals surface area contributed by atoms with Crippen molar-refractivity contribution in [1.82, 2.24) is 0 Å². The van der Waals surface area contributed by atoms with Gasteiger partial charge in [0.1, 0.15) is 5.75 Å². The van der Waals surface area contributed by atoms with Crippen molar-refractivity contribution in [3.63, 3.8) is 0 Å². The fraction of sp³-hybridized carbons (Fsp3) is 0.500. The predicted octanol–water partition coefficient (Wildman–Crippen LogP) is 2.74. The molecule has 0 aliphatic heterocycles. The van der Waals surface area contributed by atoms with Crippen LogP contribution in [0.5, 0.6) is 5.75 Å². The predicted molar refractivity (Wildman–Crippen MR) is 65.2 cm³/mol. The fourth-order valence-electron chi connectivity index (χ4n) is 1.70. The maximum atomic E-state index is 10.8. The molecule has 17 heavy (non-hydrogen) atoms. The molecule has 0 heterocycles. The lowest BCUT2D eigenvalue weighted by molar-refractivity contribution is -0.141. The Morgan fingerprint density at radius 3 is 2.94 bits per heavy atom. The molecular formula is C14H18O3. The molecular weight excluding hydrogens is 216 g/mol. The molecule has 1 aliphatic rings. The molecule has 0 radical (unpaired) electrons. The summed E-state index contributed by atoms with van der Waals surface area (Å²) in [5, 5.41) is 8.87. The summed E-state index contributed by atoms with van der Waals surface area (Å²) in [6.45, 7) is 2.51. The molecule has 0 bridgehead atoms. The number of carbonyl (C=O) groups is 1. The van der Waals surface area contributed by atoms with E-state index in [1.54, 1.807) is 6.92 Å². The van der Waals surface area contributed by atoms with Crippen LogP contribution in [0.25, 0.3) is 0 Å². The van der Waals surface area contributed by atoms with Crippen molar-refractivity contribution in [3.05, 3.63) is 29.8 Å². The zero-order chi connectivity index (χ0) is 12.3. The minimum Gasteiger partial charge on any atom is -0.493 e. The SMILES string of the molecule is CC(Cc1cccc(OCC2CC2)c1)C(=O)O. The van der Waals surface area contributed by atoms with Gasteiger partial charge in [-0.15, -0.1) is 0 Å². The van der Waals surface area contributed by atoms with Gasteiger partial charge in [-0.05, 0) is 42.9 Å². The van der Waals surface area contributed by atoms with Crippen LogP contribution >= 0.6 is 0 Å². The molecule has 1 N–H and O–H groups in total. The van der Waals surface area contributed by atoms with Gasteiger partial charge in [0.15, 0.2) is 0 Å². The molecule has 1 atom stereocenters. The Kier molecular flexibility index (Phi) is 3.67. The number of ether oxygens (including phenoxy) is 1. The lowest BCUT2D eigenvalue weighted by Gasteiger charge is -2.09. The molecule has 0 aromatic heterocycles. The third kappa shape index (κ3) is 3.77. The molecule has 1 unspecified atom stereocenters. The summed E-state index contributed by atoms with van der Waals surface area (Å²) in [4.78, 5) is 10.8. The van der Waals surface area contributed by atoms with E-state index in [9.17, 15) is 4.79 Å². The Morgan fingerprint density at radius 2 is 2.29 bits per heavy atom. The van der Waals surface area contributed by atoms with E-state index in [1.807, 2.05) is 24.3 Å². The van der Waals surface area contributed by atoms with E-state index in [1.165, 1.54) is 12.8 Å². The van der Waals surface area contributed by atoms with E-state index in [4.69, 9.17) is 9.84 Å². The molecule has 0 amide bonds. The number of aliphatic carboxylic acids is 1. The van der Waals surface area contributed by atoms with Crippen LogP contribution in [0.4, 0.5) is 0 Å². The van der Waals surface area contributed by atoms with Gasteiger partial charge in [0.05, 0.1) is 12.5 Å². The summed E-state index contributed by atoms with van der Waals surface area (Å²) in [7, 11) is 0. The molecule has 3 heteroatoms. The smallest absolute Gasteiger partial charge is 0.306 e. The monoisotopic (exact) mass is 234 g/mol. The van der Waals surface area contributed by atoms with Crippen LogP contribution in [-0.4, -0.2) is 17.7 Å². The maximum Gasteiger partial charge on any atom is 0.306 e. The molecule has 1 aromatic rings. The van der Waals surface area contributed by atoms with Crippen LogP contribution in [0, 0.1) is 11.8 Å². The first kappa shape index (κ1) is 12.0. The number of hydrogen-bond acceptors (Lipinski definition) is 2. The molecule has 0 spiro atoms. The zero-order valence-electron chi connectivity index (χ0n) is 10.1. The van der Waals surface area contributed by atoms with Crippen molar-refractivity contribution in [3.8, 4) is 5.75 Å². The van der Waals surface area contributed by atoms with Crippen LogP contribution in [0.1, 0.15) is 25.3 Å². The highest BCUT2D eigenvalue weighted by Crippen LogP contribution is 2.29. The van der Waals surface area contributed by atoms with Gasteiger partial charge in [-0.1, -0.05) is 19.1 Å². The lowest BCUT2D eigenvalue weighted by Crippen LogP contribution is -2.12. The number of benzene rings is 1. The Labute approximate surface area is 101 Å². The average molecular weight is 234 g/mol. The Hall–Kier alpha value is -1.51. The fourth-order valence-corrected chi connectivity index (χ4v) is 1.70. The van der Waals surface area contributed by atoms with Crippen molar-refractivity contribution in [2.75, 3.05) is 6.61 Å². The van der Waals surface area contributed by atoms with Gasteiger partial charge in [-0.25, -0.2) is 0 Å². The molecule has 3 nitrogen and oxygen atoms in total. The van der Waals surface area contributed by atoms with Crippen molar-refractivity contribution >= 4 is 5.97 Å². The molecule has 1 saturated carbocycles. The quantitative estimate of drug-likeness (QED) is 0.823. The third-order valence-corrected chi connectivity index (χ3v) is 3.04. The first-order chi connectivity index (χ1) is 8.15. The summed E-state index contributed by atoms with van der Waals surface area (Å²) in [5.41, 5.74) is 1.02. The van der Waals surface area contributed by atoms with Gasteiger partial charge in [-0.2, -0.15) is 0 Å². The third-order valence-electron chi connectivity index (χ3n) is 3.04. The first-order valence-corrected chi connectivity index (χ1v) is 6.09. The molecule has 0 saturated heterocycles. The van der Waals surface area contributed by atoms with Gasteiger partial charge in [0.2, 0.25) is 0 Å². The summed E-state index contributed by atoms with van der Waals surface area (Å²) >= 11 is 0. The van der Waals surface area contributed by atoms with E-state index < -0.39 is 5.97 Å². The topological polar surface area (TPSA) is 46.5 Å². The normalized spacial score (nSPS) is 16.5. The van der Waals surface area contributed by atoms with Crippen molar-refractivity contribution in [2.24, 2.45) is 11.8 Å². The molecule has 1 fully saturated rings. The Bertz CT molecular complexity index is 396.